The average Bonchev–Trinajstić information content (AvgIpc) is 2.84. The molecule has 0 spiro atoms. The van der Waals surface area contributed by atoms with E-state index in [0.29, 0.717) is 23.8 Å². The van der Waals surface area contributed by atoms with Crippen LogP contribution in [0.15, 0.2) is 18.3 Å². The molecule has 2 aromatic heterocycles. The summed E-state index contributed by atoms with van der Waals surface area (Å²) < 4.78 is 7.15. The fraction of sp³-hybridized carbons (Fsp3) is 0.438. The van der Waals surface area contributed by atoms with Gasteiger partial charge in [0.25, 0.3) is 0 Å². The summed E-state index contributed by atoms with van der Waals surface area (Å²) >= 11 is 6.40. The second-order valence-electron chi connectivity index (χ2n) is 6.90. The van der Waals surface area contributed by atoms with Gasteiger partial charge in [0.05, 0.1) is 5.02 Å². The number of pyridine rings is 1. The topological polar surface area (TPSA) is 59.7 Å². The molecular formula is C16H20BClN4O2. The molecule has 0 fully saturated rings. The van der Waals surface area contributed by atoms with E-state index in [-0.39, 0.29) is 6.09 Å². The Morgan fingerprint density at radius 2 is 2.17 bits per heavy atom. The Kier molecular flexibility index (Phi) is 4.30. The van der Waals surface area contributed by atoms with Crippen molar-refractivity contribution in [1.29, 1.82) is 0 Å². The number of halogens is 1. The lowest BCUT2D eigenvalue weighted by Crippen LogP contribution is -2.39. The molecule has 8 heteroatoms. The lowest BCUT2D eigenvalue weighted by atomic mass is 10.0. The average molecular weight is 347 g/mol. The molecule has 0 aliphatic carbocycles. The van der Waals surface area contributed by atoms with Crippen LogP contribution >= 0.6 is 11.6 Å². The number of carbonyl (C=O) groups excluding carboxylic acids is 1. The van der Waals surface area contributed by atoms with Crippen molar-refractivity contribution >= 4 is 42.5 Å². The Bertz CT molecular complexity index is 825. The minimum atomic E-state index is -0.486. The third kappa shape index (κ3) is 3.56. The van der Waals surface area contributed by atoms with E-state index in [4.69, 9.17) is 16.3 Å². The minimum Gasteiger partial charge on any atom is -0.444 e. The van der Waals surface area contributed by atoms with Gasteiger partial charge in [0.1, 0.15) is 11.3 Å². The zero-order valence-electron chi connectivity index (χ0n) is 14.3. The maximum absolute atomic E-state index is 12.1. The molecule has 1 aliphatic heterocycles. The van der Waals surface area contributed by atoms with Gasteiger partial charge in [-0.15, -0.1) is 0 Å². The zero-order chi connectivity index (χ0) is 17.5. The first-order valence-electron chi connectivity index (χ1n) is 7.93. The van der Waals surface area contributed by atoms with E-state index in [2.05, 4.69) is 10.1 Å². The Balaban J connectivity index is 1.80. The molecule has 0 atom stereocenters. The van der Waals surface area contributed by atoms with Crippen molar-refractivity contribution in [1.82, 2.24) is 19.5 Å². The summed E-state index contributed by atoms with van der Waals surface area (Å²) in [7, 11) is 1.85. The van der Waals surface area contributed by atoms with Crippen LogP contribution in [0.2, 0.25) is 5.02 Å². The van der Waals surface area contributed by atoms with Crippen LogP contribution in [-0.4, -0.2) is 52.1 Å². The molecule has 126 valence electrons. The molecule has 3 heterocycles. The van der Waals surface area contributed by atoms with Gasteiger partial charge in [0.2, 0.25) is 0 Å². The fourth-order valence-electron chi connectivity index (χ4n) is 2.66. The SMILES string of the molecule is Bc1nc2cc(Cl)c(C3=CCN(C(=O)OC(C)(C)C)CC3)cn2n1. The summed E-state index contributed by atoms with van der Waals surface area (Å²) in [6, 6.07) is 1.82. The van der Waals surface area contributed by atoms with Gasteiger partial charge in [0.15, 0.2) is 13.5 Å². The molecule has 0 unspecified atom stereocenters. The highest BCUT2D eigenvalue weighted by Crippen LogP contribution is 2.29. The van der Waals surface area contributed by atoms with Crippen molar-refractivity contribution in [2.75, 3.05) is 13.1 Å². The quantitative estimate of drug-likeness (QED) is 0.737. The Labute approximate surface area is 146 Å². The second-order valence-corrected chi connectivity index (χ2v) is 7.31. The first-order valence-corrected chi connectivity index (χ1v) is 8.30. The van der Waals surface area contributed by atoms with Gasteiger partial charge in [-0.25, -0.2) is 14.3 Å². The fourth-order valence-corrected chi connectivity index (χ4v) is 2.93. The molecule has 1 amide bonds. The van der Waals surface area contributed by atoms with Gasteiger partial charge in [-0.3, -0.25) is 0 Å². The zero-order valence-corrected chi connectivity index (χ0v) is 15.1. The summed E-state index contributed by atoms with van der Waals surface area (Å²) in [5.41, 5.74) is 2.98. The number of rotatable bonds is 1. The van der Waals surface area contributed by atoms with Gasteiger partial charge >= 0.3 is 6.09 Å². The van der Waals surface area contributed by atoms with Gasteiger partial charge in [0, 0.05) is 30.9 Å². The van der Waals surface area contributed by atoms with Gasteiger partial charge in [-0.05, 0) is 32.8 Å². The number of amides is 1. The van der Waals surface area contributed by atoms with E-state index in [9.17, 15) is 4.79 Å². The molecule has 0 aromatic carbocycles. The van der Waals surface area contributed by atoms with Gasteiger partial charge in [-0.1, -0.05) is 17.7 Å². The maximum atomic E-state index is 12.1. The lowest BCUT2D eigenvalue weighted by molar-refractivity contribution is 0.0270. The minimum absolute atomic E-state index is 0.286. The second kappa shape index (κ2) is 6.13. The van der Waals surface area contributed by atoms with Crippen LogP contribution in [0.4, 0.5) is 4.79 Å². The highest BCUT2D eigenvalue weighted by molar-refractivity contribution is 6.32. The Morgan fingerprint density at radius 3 is 2.79 bits per heavy atom. The molecule has 6 nitrogen and oxygen atoms in total. The van der Waals surface area contributed by atoms with Crippen LogP contribution in [-0.2, 0) is 4.74 Å². The van der Waals surface area contributed by atoms with Gasteiger partial charge in [-0.2, -0.15) is 5.10 Å². The van der Waals surface area contributed by atoms with Crippen LogP contribution in [0.25, 0.3) is 11.2 Å². The van der Waals surface area contributed by atoms with E-state index in [1.54, 1.807) is 9.42 Å². The predicted molar refractivity (Wildman–Crippen MR) is 96.6 cm³/mol. The van der Waals surface area contributed by atoms with E-state index in [0.717, 1.165) is 23.2 Å². The number of fused-ring (bicyclic) bond motifs is 1. The van der Waals surface area contributed by atoms with Crippen molar-refractivity contribution in [2.45, 2.75) is 32.8 Å². The van der Waals surface area contributed by atoms with Crippen LogP contribution in [0, 0.1) is 0 Å². The van der Waals surface area contributed by atoms with E-state index < -0.39 is 5.60 Å². The molecule has 0 N–H and O–H groups in total. The first-order chi connectivity index (χ1) is 11.2. The molecule has 3 rings (SSSR count). The van der Waals surface area contributed by atoms with Gasteiger partial charge < -0.3 is 9.64 Å². The first kappa shape index (κ1) is 16.8. The van der Waals surface area contributed by atoms with Crippen molar-refractivity contribution in [3.05, 3.63) is 28.9 Å². The maximum Gasteiger partial charge on any atom is 0.410 e. The molecule has 0 saturated heterocycles. The van der Waals surface area contributed by atoms with E-state index >= 15 is 0 Å². The van der Waals surface area contributed by atoms with Crippen molar-refractivity contribution in [3.63, 3.8) is 0 Å². The van der Waals surface area contributed by atoms with E-state index in [1.807, 2.05) is 47.0 Å². The Hall–Kier alpha value is -2.02. The number of carbonyl (C=O) groups is 1. The molecule has 0 bridgehead atoms. The van der Waals surface area contributed by atoms with Crippen molar-refractivity contribution < 1.29 is 9.53 Å². The molecule has 2 aromatic rings. The number of ether oxygens (including phenoxy) is 1. The highest BCUT2D eigenvalue weighted by Gasteiger charge is 2.24. The predicted octanol–water partition coefficient (Wildman–Crippen LogP) is 1.67. The number of aromatic nitrogens is 3. The van der Waals surface area contributed by atoms with Crippen LogP contribution in [0.3, 0.4) is 0 Å². The third-order valence-corrected chi connectivity index (χ3v) is 4.05. The summed E-state index contributed by atoms with van der Waals surface area (Å²) in [4.78, 5) is 18.1. The normalized spacial score (nSPS) is 15.5. The molecule has 1 aliphatic rings. The number of nitrogens with zero attached hydrogens (tertiary/aromatic N) is 4. The molecule has 24 heavy (non-hydrogen) atoms. The van der Waals surface area contributed by atoms with Crippen molar-refractivity contribution in [3.8, 4) is 0 Å². The number of hydrogen-bond donors (Lipinski definition) is 0. The smallest absolute Gasteiger partial charge is 0.410 e. The van der Waals surface area contributed by atoms with Crippen LogP contribution in [0.1, 0.15) is 32.8 Å². The van der Waals surface area contributed by atoms with Crippen LogP contribution in [0.5, 0.6) is 0 Å². The summed E-state index contributed by atoms with van der Waals surface area (Å²) in [6.45, 7) is 6.71. The molecule has 0 radical (unpaired) electrons. The molecular weight excluding hydrogens is 326 g/mol. The standard InChI is InChI=1S/C16H20BClN4O2/c1-16(2,3)24-15(23)21-6-4-10(5-7-21)11-9-22-13(8-12(11)18)19-14(17)20-22/h4,8-9H,5-7,17H2,1-3H3. The molecule has 0 saturated carbocycles. The summed E-state index contributed by atoms with van der Waals surface area (Å²) in [6.07, 6.45) is 4.35. The highest BCUT2D eigenvalue weighted by atomic mass is 35.5. The summed E-state index contributed by atoms with van der Waals surface area (Å²) in [5.74, 6) is 0. The Morgan fingerprint density at radius 1 is 1.42 bits per heavy atom. The number of hydrogen-bond acceptors (Lipinski definition) is 4. The third-order valence-electron chi connectivity index (χ3n) is 3.73. The van der Waals surface area contributed by atoms with E-state index in [1.165, 1.54) is 0 Å². The lowest BCUT2D eigenvalue weighted by Gasteiger charge is -2.29. The van der Waals surface area contributed by atoms with Crippen LogP contribution < -0.4 is 5.72 Å². The summed E-state index contributed by atoms with van der Waals surface area (Å²) in [5, 5.41) is 4.97. The monoisotopic (exact) mass is 346 g/mol. The van der Waals surface area contributed by atoms with Crippen molar-refractivity contribution in [2.24, 2.45) is 0 Å². The largest absolute Gasteiger partial charge is 0.444 e.